The fourth-order valence-electron chi connectivity index (χ4n) is 3.26. The first-order chi connectivity index (χ1) is 15.0. The second-order valence-electron chi connectivity index (χ2n) is 7.13. The number of carbonyl (C=O) groups is 2. The number of likely N-dealkylation sites (tertiary alicyclic amines) is 1. The average molecular weight is 473 g/mol. The third-order valence-corrected chi connectivity index (χ3v) is 6.18. The molecule has 0 radical (unpaired) electrons. The number of alkyl halides is 3. The van der Waals surface area contributed by atoms with Crippen molar-refractivity contribution in [3.8, 4) is 0 Å². The van der Waals surface area contributed by atoms with E-state index in [0.29, 0.717) is 6.42 Å². The summed E-state index contributed by atoms with van der Waals surface area (Å²) in [4.78, 5) is 25.9. The number of carbonyl (C=O) groups excluding carboxylic acids is 2. The lowest BCUT2D eigenvalue weighted by Gasteiger charge is -2.24. The minimum Gasteiger partial charge on any atom is -0.345 e. The molecule has 1 fully saturated rings. The maximum atomic E-state index is 13.0. The van der Waals surface area contributed by atoms with Gasteiger partial charge < -0.3 is 10.2 Å². The standard InChI is InChI=1S/C20H19F4N3O4S/c21-14-5-9-16(10-6-14)32(30,31)26-15-7-3-13(4-8-15)19(29)27-11-1-2-17(27)18(28)25-12-20(22,23)24/h3-10,17,26H,1-2,11-12H2,(H,25,28). The lowest BCUT2D eigenvalue weighted by molar-refractivity contribution is -0.140. The van der Waals surface area contributed by atoms with Crippen LogP contribution in [0.15, 0.2) is 53.4 Å². The van der Waals surface area contributed by atoms with Crippen molar-refractivity contribution in [2.45, 2.75) is 30.0 Å². The topological polar surface area (TPSA) is 95.6 Å². The zero-order chi connectivity index (χ0) is 23.5. The Hall–Kier alpha value is -3.15. The van der Waals surface area contributed by atoms with E-state index in [0.717, 1.165) is 24.3 Å². The highest BCUT2D eigenvalue weighted by Crippen LogP contribution is 2.23. The van der Waals surface area contributed by atoms with Crippen LogP contribution >= 0.6 is 0 Å². The van der Waals surface area contributed by atoms with Crippen molar-refractivity contribution in [1.82, 2.24) is 10.2 Å². The van der Waals surface area contributed by atoms with E-state index >= 15 is 0 Å². The molecule has 0 spiro atoms. The summed E-state index contributed by atoms with van der Waals surface area (Å²) in [6.45, 7) is -1.27. The van der Waals surface area contributed by atoms with Crippen LogP contribution < -0.4 is 10.0 Å². The predicted octanol–water partition coefficient (Wildman–Crippen LogP) is 2.91. The number of halogens is 4. The highest BCUT2D eigenvalue weighted by Gasteiger charge is 2.36. The van der Waals surface area contributed by atoms with Gasteiger partial charge in [-0.05, 0) is 61.4 Å². The first kappa shape index (κ1) is 23.5. The summed E-state index contributed by atoms with van der Waals surface area (Å²) in [7, 11) is -3.97. The number of benzene rings is 2. The van der Waals surface area contributed by atoms with Crippen LogP contribution in [0.25, 0.3) is 0 Å². The first-order valence-electron chi connectivity index (χ1n) is 9.50. The minimum atomic E-state index is -4.56. The molecule has 1 unspecified atom stereocenters. The Morgan fingerprint density at radius 2 is 1.66 bits per heavy atom. The second kappa shape index (κ2) is 9.15. The van der Waals surface area contributed by atoms with Gasteiger partial charge in [-0.3, -0.25) is 14.3 Å². The molecule has 2 aromatic rings. The molecule has 1 atom stereocenters. The average Bonchev–Trinajstić information content (AvgIpc) is 3.21. The quantitative estimate of drug-likeness (QED) is 0.631. The number of nitrogens with zero attached hydrogens (tertiary/aromatic N) is 1. The largest absolute Gasteiger partial charge is 0.405 e. The molecule has 32 heavy (non-hydrogen) atoms. The Morgan fingerprint density at radius 3 is 2.25 bits per heavy atom. The fraction of sp³-hybridized carbons (Fsp3) is 0.300. The fourth-order valence-corrected chi connectivity index (χ4v) is 4.32. The molecule has 0 aliphatic carbocycles. The van der Waals surface area contributed by atoms with Crippen LogP contribution in [0.4, 0.5) is 23.2 Å². The third kappa shape index (κ3) is 5.75. The van der Waals surface area contributed by atoms with Crippen molar-refractivity contribution in [3.05, 3.63) is 59.9 Å². The van der Waals surface area contributed by atoms with Crippen molar-refractivity contribution in [1.29, 1.82) is 0 Å². The molecule has 1 heterocycles. The molecule has 2 aromatic carbocycles. The van der Waals surface area contributed by atoms with Crippen LogP contribution in [0.2, 0.25) is 0 Å². The smallest absolute Gasteiger partial charge is 0.345 e. The number of amides is 2. The summed E-state index contributed by atoms with van der Waals surface area (Å²) in [6, 6.07) is 8.57. The van der Waals surface area contributed by atoms with E-state index < -0.39 is 46.4 Å². The van der Waals surface area contributed by atoms with Crippen LogP contribution in [0.1, 0.15) is 23.2 Å². The Labute approximate surface area is 181 Å². The van der Waals surface area contributed by atoms with Crippen molar-refractivity contribution in [2.24, 2.45) is 0 Å². The highest BCUT2D eigenvalue weighted by molar-refractivity contribution is 7.92. The number of rotatable bonds is 6. The van der Waals surface area contributed by atoms with Gasteiger partial charge in [0, 0.05) is 17.8 Å². The Morgan fingerprint density at radius 1 is 1.03 bits per heavy atom. The maximum absolute atomic E-state index is 13.0. The van der Waals surface area contributed by atoms with Crippen LogP contribution in [-0.4, -0.2) is 50.4 Å². The second-order valence-corrected chi connectivity index (χ2v) is 8.81. The van der Waals surface area contributed by atoms with Crippen molar-refractivity contribution < 1.29 is 35.6 Å². The number of anilines is 1. The molecule has 1 aliphatic rings. The van der Waals surface area contributed by atoms with Crippen molar-refractivity contribution in [2.75, 3.05) is 17.8 Å². The van der Waals surface area contributed by atoms with E-state index in [1.54, 1.807) is 5.32 Å². The van der Waals surface area contributed by atoms with Crippen LogP contribution in [0, 0.1) is 5.82 Å². The molecule has 0 saturated carbocycles. The lowest BCUT2D eigenvalue weighted by Crippen LogP contribution is -2.48. The van der Waals surface area contributed by atoms with E-state index in [-0.39, 0.29) is 29.1 Å². The van der Waals surface area contributed by atoms with E-state index in [9.17, 15) is 35.6 Å². The van der Waals surface area contributed by atoms with Gasteiger partial charge in [0.05, 0.1) is 4.90 Å². The number of nitrogens with one attached hydrogen (secondary N) is 2. The Bertz CT molecular complexity index is 1090. The predicted molar refractivity (Wildman–Crippen MR) is 107 cm³/mol. The molecule has 1 saturated heterocycles. The van der Waals surface area contributed by atoms with Gasteiger partial charge in [-0.1, -0.05) is 0 Å². The van der Waals surface area contributed by atoms with E-state index in [4.69, 9.17) is 0 Å². The monoisotopic (exact) mass is 473 g/mol. The summed E-state index contributed by atoms with van der Waals surface area (Å²) in [6.07, 6.45) is -3.85. The van der Waals surface area contributed by atoms with Gasteiger partial charge in [-0.2, -0.15) is 13.2 Å². The number of hydrogen-bond donors (Lipinski definition) is 2. The van der Waals surface area contributed by atoms with Gasteiger partial charge in [-0.15, -0.1) is 0 Å². The van der Waals surface area contributed by atoms with Crippen molar-refractivity contribution >= 4 is 27.5 Å². The summed E-state index contributed by atoms with van der Waals surface area (Å²) >= 11 is 0. The van der Waals surface area contributed by atoms with Crippen molar-refractivity contribution in [3.63, 3.8) is 0 Å². The first-order valence-corrected chi connectivity index (χ1v) is 11.0. The summed E-state index contributed by atoms with van der Waals surface area (Å²) < 4.78 is 77.0. The zero-order valence-electron chi connectivity index (χ0n) is 16.5. The highest BCUT2D eigenvalue weighted by atomic mass is 32.2. The lowest BCUT2D eigenvalue weighted by atomic mass is 10.1. The van der Waals surface area contributed by atoms with E-state index in [1.807, 2.05) is 0 Å². The molecule has 2 N–H and O–H groups in total. The Balaban J connectivity index is 1.68. The molecule has 1 aliphatic heterocycles. The van der Waals surface area contributed by atoms with Gasteiger partial charge in [-0.25, -0.2) is 12.8 Å². The normalized spacial score (nSPS) is 16.6. The third-order valence-electron chi connectivity index (χ3n) is 4.79. The number of hydrogen-bond acceptors (Lipinski definition) is 4. The van der Waals surface area contributed by atoms with E-state index in [1.165, 1.54) is 29.2 Å². The zero-order valence-corrected chi connectivity index (χ0v) is 17.3. The van der Waals surface area contributed by atoms with Gasteiger partial charge >= 0.3 is 6.18 Å². The molecular weight excluding hydrogens is 454 g/mol. The number of sulfonamides is 1. The molecule has 7 nitrogen and oxygen atoms in total. The molecule has 172 valence electrons. The van der Waals surface area contributed by atoms with Gasteiger partial charge in [0.1, 0.15) is 18.4 Å². The molecular formula is C20H19F4N3O4S. The summed E-state index contributed by atoms with van der Waals surface area (Å²) in [5.41, 5.74) is 0.289. The van der Waals surface area contributed by atoms with Crippen LogP contribution in [0.3, 0.4) is 0 Å². The minimum absolute atomic E-state index is 0.144. The molecule has 0 bridgehead atoms. The molecule has 3 rings (SSSR count). The Kier molecular flexibility index (Phi) is 6.72. The summed E-state index contributed by atoms with van der Waals surface area (Å²) in [5.74, 6) is -2.02. The van der Waals surface area contributed by atoms with Gasteiger partial charge in [0.2, 0.25) is 5.91 Å². The van der Waals surface area contributed by atoms with E-state index in [2.05, 4.69) is 4.72 Å². The van der Waals surface area contributed by atoms with Gasteiger partial charge in [0.15, 0.2) is 0 Å². The summed E-state index contributed by atoms with van der Waals surface area (Å²) in [5, 5.41) is 1.80. The maximum Gasteiger partial charge on any atom is 0.405 e. The van der Waals surface area contributed by atoms with Crippen LogP contribution in [0.5, 0.6) is 0 Å². The van der Waals surface area contributed by atoms with Gasteiger partial charge in [0.25, 0.3) is 15.9 Å². The SMILES string of the molecule is O=C(NCC(F)(F)F)C1CCCN1C(=O)c1ccc(NS(=O)(=O)c2ccc(F)cc2)cc1. The molecule has 0 aromatic heterocycles. The van der Waals surface area contributed by atoms with Crippen LogP contribution in [-0.2, 0) is 14.8 Å². The molecule has 12 heteroatoms. The molecule has 2 amide bonds.